The highest BCUT2D eigenvalue weighted by atomic mass is 16.6. The van der Waals surface area contributed by atoms with E-state index in [4.69, 9.17) is 14.2 Å². The first-order valence-corrected chi connectivity index (χ1v) is 27.3. The van der Waals surface area contributed by atoms with Crippen molar-refractivity contribution in [1.29, 1.82) is 0 Å². The first-order chi connectivity index (χ1) is 29.8. The van der Waals surface area contributed by atoms with E-state index in [2.05, 4.69) is 34.6 Å². The van der Waals surface area contributed by atoms with Gasteiger partial charge in [-0.05, 0) is 31.1 Å². The van der Waals surface area contributed by atoms with E-state index in [0.717, 1.165) is 69.6 Å². The summed E-state index contributed by atoms with van der Waals surface area (Å²) in [6.07, 6.45) is 49.4. The molecular weight excluding hydrogens is 757 g/mol. The molecule has 6 heteroatoms. The van der Waals surface area contributed by atoms with Crippen LogP contribution in [0.25, 0.3) is 0 Å². The number of unbranched alkanes of at least 4 members (excludes halogenated alkanes) is 33. The molecule has 0 aliphatic rings. The molecule has 362 valence electrons. The smallest absolute Gasteiger partial charge is 0.306 e. The van der Waals surface area contributed by atoms with Crippen LogP contribution in [0.2, 0.25) is 0 Å². The predicted octanol–water partition coefficient (Wildman–Crippen LogP) is 17.7. The molecule has 0 N–H and O–H groups in total. The number of rotatable bonds is 49. The maximum atomic E-state index is 12.8. The summed E-state index contributed by atoms with van der Waals surface area (Å²) in [6, 6.07) is 0. The second kappa shape index (κ2) is 47.9. The number of esters is 3. The zero-order valence-electron chi connectivity index (χ0n) is 41.8. The van der Waals surface area contributed by atoms with Crippen LogP contribution in [0.5, 0.6) is 0 Å². The van der Waals surface area contributed by atoms with Gasteiger partial charge in [0.15, 0.2) is 6.10 Å². The van der Waals surface area contributed by atoms with Gasteiger partial charge >= 0.3 is 17.9 Å². The third kappa shape index (κ3) is 47.7. The SMILES string of the molecule is CCCCCCCCCCCCC(=O)OC[C@@H](COC(=O)CCCCCCCCCCCCCCCCC(C)CC)OC(=O)CCCCCCCCCCCCCCC(C)C. The minimum absolute atomic E-state index is 0.0632. The molecule has 0 amide bonds. The molecule has 0 aromatic heterocycles. The maximum absolute atomic E-state index is 12.8. The first-order valence-electron chi connectivity index (χ1n) is 27.3. The lowest BCUT2D eigenvalue weighted by atomic mass is 9.99. The predicted molar refractivity (Wildman–Crippen MR) is 261 cm³/mol. The molecule has 0 aromatic carbocycles. The summed E-state index contributed by atoms with van der Waals surface area (Å²) in [7, 11) is 0. The number of hydrogen-bond acceptors (Lipinski definition) is 6. The van der Waals surface area contributed by atoms with Crippen molar-refractivity contribution in [3.8, 4) is 0 Å². The molecular formula is C55H106O6. The van der Waals surface area contributed by atoms with Gasteiger partial charge in [-0.15, -0.1) is 0 Å². The lowest BCUT2D eigenvalue weighted by Gasteiger charge is -2.18. The second-order valence-corrected chi connectivity index (χ2v) is 19.6. The van der Waals surface area contributed by atoms with E-state index < -0.39 is 6.10 Å². The van der Waals surface area contributed by atoms with Crippen molar-refractivity contribution in [3.63, 3.8) is 0 Å². The van der Waals surface area contributed by atoms with Crippen molar-refractivity contribution in [2.75, 3.05) is 13.2 Å². The Bertz CT molecular complexity index is 933. The van der Waals surface area contributed by atoms with Crippen molar-refractivity contribution in [3.05, 3.63) is 0 Å². The van der Waals surface area contributed by atoms with E-state index in [1.54, 1.807) is 0 Å². The van der Waals surface area contributed by atoms with Gasteiger partial charge in [0.1, 0.15) is 13.2 Å². The van der Waals surface area contributed by atoms with Crippen molar-refractivity contribution in [2.24, 2.45) is 11.8 Å². The minimum Gasteiger partial charge on any atom is -0.462 e. The zero-order chi connectivity index (χ0) is 44.7. The van der Waals surface area contributed by atoms with E-state index >= 15 is 0 Å². The van der Waals surface area contributed by atoms with E-state index in [9.17, 15) is 14.4 Å². The summed E-state index contributed by atoms with van der Waals surface area (Å²) in [6.45, 7) is 11.4. The van der Waals surface area contributed by atoms with Crippen molar-refractivity contribution in [1.82, 2.24) is 0 Å². The molecule has 61 heavy (non-hydrogen) atoms. The summed E-state index contributed by atoms with van der Waals surface area (Å²) in [5, 5.41) is 0. The van der Waals surface area contributed by atoms with Gasteiger partial charge in [0.05, 0.1) is 0 Å². The van der Waals surface area contributed by atoms with E-state index in [1.807, 2.05) is 0 Å². The molecule has 0 saturated heterocycles. The topological polar surface area (TPSA) is 78.9 Å². The third-order valence-electron chi connectivity index (χ3n) is 12.8. The van der Waals surface area contributed by atoms with Crippen LogP contribution >= 0.6 is 0 Å². The molecule has 6 nitrogen and oxygen atoms in total. The Balaban J connectivity index is 4.26. The second-order valence-electron chi connectivity index (χ2n) is 19.6. The van der Waals surface area contributed by atoms with Gasteiger partial charge in [-0.2, -0.15) is 0 Å². The quantitative estimate of drug-likeness (QED) is 0.0344. The molecule has 0 rings (SSSR count). The third-order valence-corrected chi connectivity index (χ3v) is 12.8. The van der Waals surface area contributed by atoms with Crippen molar-refractivity contribution in [2.45, 2.75) is 310 Å². The molecule has 2 atom stereocenters. The molecule has 0 aromatic rings. The summed E-state index contributed by atoms with van der Waals surface area (Å²) >= 11 is 0. The van der Waals surface area contributed by atoms with Gasteiger partial charge in [0.25, 0.3) is 0 Å². The van der Waals surface area contributed by atoms with Gasteiger partial charge < -0.3 is 14.2 Å². The Kier molecular flexibility index (Phi) is 46.6. The highest BCUT2D eigenvalue weighted by Gasteiger charge is 2.19. The lowest BCUT2D eigenvalue weighted by Crippen LogP contribution is -2.30. The van der Waals surface area contributed by atoms with Gasteiger partial charge in [0, 0.05) is 19.3 Å². The van der Waals surface area contributed by atoms with Crippen LogP contribution in [-0.4, -0.2) is 37.2 Å². The highest BCUT2D eigenvalue weighted by Crippen LogP contribution is 2.18. The van der Waals surface area contributed by atoms with Crippen LogP contribution in [0.4, 0.5) is 0 Å². The molecule has 0 radical (unpaired) electrons. The zero-order valence-corrected chi connectivity index (χ0v) is 41.8. The van der Waals surface area contributed by atoms with E-state index in [-0.39, 0.29) is 31.1 Å². The fourth-order valence-electron chi connectivity index (χ4n) is 8.31. The van der Waals surface area contributed by atoms with Crippen LogP contribution < -0.4 is 0 Å². The molecule has 0 saturated carbocycles. The number of carbonyl (C=O) groups is 3. The Hall–Kier alpha value is -1.59. The summed E-state index contributed by atoms with van der Waals surface area (Å²) in [4.78, 5) is 38.0. The standard InChI is InChI=1S/C55H106O6/c1-6-8-9-10-11-12-25-30-35-40-45-53(56)59-48-52(61-55(58)47-42-37-32-27-22-18-17-19-23-28-33-38-43-50(3)4)49-60-54(57)46-41-36-31-26-21-16-14-13-15-20-24-29-34-39-44-51(5)7-2/h50-52H,6-49H2,1-5H3/t51?,52-/m0/s1. The van der Waals surface area contributed by atoms with Crippen molar-refractivity contribution >= 4 is 17.9 Å². The average molecular weight is 863 g/mol. The van der Waals surface area contributed by atoms with Gasteiger partial charge in [-0.25, -0.2) is 0 Å². The molecule has 0 spiro atoms. The maximum Gasteiger partial charge on any atom is 0.306 e. The largest absolute Gasteiger partial charge is 0.462 e. The monoisotopic (exact) mass is 863 g/mol. The molecule has 0 heterocycles. The lowest BCUT2D eigenvalue weighted by molar-refractivity contribution is -0.167. The van der Waals surface area contributed by atoms with Crippen LogP contribution in [0.1, 0.15) is 304 Å². The van der Waals surface area contributed by atoms with Crippen LogP contribution in [0.15, 0.2) is 0 Å². The van der Waals surface area contributed by atoms with Crippen molar-refractivity contribution < 1.29 is 28.6 Å². The number of carbonyl (C=O) groups excluding carboxylic acids is 3. The average Bonchev–Trinajstić information content (AvgIpc) is 3.24. The van der Waals surface area contributed by atoms with Crippen LogP contribution in [-0.2, 0) is 28.6 Å². The first kappa shape index (κ1) is 59.4. The number of ether oxygens (including phenoxy) is 3. The Morgan fingerprint density at radius 2 is 0.623 bits per heavy atom. The van der Waals surface area contributed by atoms with Crippen LogP contribution in [0, 0.1) is 11.8 Å². The number of hydrogen-bond donors (Lipinski definition) is 0. The Morgan fingerprint density at radius 3 is 0.934 bits per heavy atom. The van der Waals surface area contributed by atoms with Gasteiger partial charge in [0.2, 0.25) is 0 Å². The highest BCUT2D eigenvalue weighted by molar-refractivity contribution is 5.71. The molecule has 0 bridgehead atoms. The Morgan fingerprint density at radius 1 is 0.344 bits per heavy atom. The van der Waals surface area contributed by atoms with E-state index in [1.165, 1.54) is 193 Å². The fourth-order valence-corrected chi connectivity index (χ4v) is 8.31. The Labute approximate surface area is 380 Å². The van der Waals surface area contributed by atoms with E-state index in [0.29, 0.717) is 19.3 Å². The molecule has 1 unspecified atom stereocenters. The molecule has 0 aliphatic carbocycles. The normalized spacial score (nSPS) is 12.5. The summed E-state index contributed by atoms with van der Waals surface area (Å²) in [5.41, 5.74) is 0. The minimum atomic E-state index is -0.761. The molecule has 0 aliphatic heterocycles. The summed E-state index contributed by atoms with van der Waals surface area (Å²) < 4.78 is 16.8. The van der Waals surface area contributed by atoms with Crippen LogP contribution in [0.3, 0.4) is 0 Å². The van der Waals surface area contributed by atoms with Gasteiger partial charge in [-0.1, -0.05) is 266 Å². The molecule has 0 fully saturated rings. The summed E-state index contributed by atoms with van der Waals surface area (Å²) in [5.74, 6) is 0.883. The van der Waals surface area contributed by atoms with Gasteiger partial charge in [-0.3, -0.25) is 14.4 Å². The fraction of sp³-hybridized carbons (Fsp3) is 0.945.